The molecule has 5 nitrogen and oxygen atoms in total. The van der Waals surface area contributed by atoms with Crippen LogP contribution in [0.25, 0.3) is 0 Å². The number of carboxylic acid groups (broad SMARTS) is 1. The molecule has 0 amide bonds. The van der Waals surface area contributed by atoms with Gasteiger partial charge in [-0.25, -0.2) is 4.79 Å². The highest BCUT2D eigenvalue weighted by molar-refractivity contribution is 5.60. The van der Waals surface area contributed by atoms with E-state index in [4.69, 9.17) is 10.8 Å². The van der Waals surface area contributed by atoms with Crippen LogP contribution in [0.4, 0.5) is 10.6 Å². The first-order valence-corrected chi connectivity index (χ1v) is 2.82. The Kier molecular flexibility index (Phi) is 1.91. The molecule has 0 saturated carbocycles. The summed E-state index contributed by atoms with van der Waals surface area (Å²) in [5.74, 6) is 0.209. The highest BCUT2D eigenvalue weighted by Crippen LogP contribution is 2.07. The predicted molar refractivity (Wildman–Crippen MR) is 37.3 cm³/mol. The third-order valence-electron chi connectivity index (χ3n) is 0.937. The lowest BCUT2D eigenvalue weighted by Crippen LogP contribution is -2.05. The largest absolute Gasteiger partial charge is 0.512 e. The maximum atomic E-state index is 9.98. The minimum atomic E-state index is -1.40. The van der Waals surface area contributed by atoms with Crippen LogP contribution in [0.1, 0.15) is 0 Å². The zero-order valence-electron chi connectivity index (χ0n) is 5.52. The summed E-state index contributed by atoms with van der Waals surface area (Å²) in [5.41, 5.74) is 5.25. The Morgan fingerprint density at radius 1 is 1.64 bits per heavy atom. The Balaban J connectivity index is 2.79. The second-order valence-electron chi connectivity index (χ2n) is 1.77. The van der Waals surface area contributed by atoms with Crippen molar-refractivity contribution in [3.05, 3.63) is 18.2 Å². The van der Waals surface area contributed by atoms with Crippen LogP contribution < -0.4 is 10.5 Å². The molecule has 0 bridgehead atoms. The van der Waals surface area contributed by atoms with Crippen molar-refractivity contribution in [3.63, 3.8) is 0 Å². The number of ether oxygens (including phenoxy) is 1. The molecule has 58 valence electrons. The number of nitrogens with zero attached hydrogens (tertiary/aromatic N) is 1. The molecular formula is C6H6N2O3. The fourth-order valence-corrected chi connectivity index (χ4v) is 0.577. The summed E-state index contributed by atoms with van der Waals surface area (Å²) in [5, 5.41) is 8.15. The fraction of sp³-hybridized carbons (Fsp3) is 0. The first-order valence-electron chi connectivity index (χ1n) is 2.82. The molecule has 1 rings (SSSR count). The highest BCUT2D eigenvalue weighted by atomic mass is 16.7. The summed E-state index contributed by atoms with van der Waals surface area (Å²) in [7, 11) is 0. The number of aromatic nitrogens is 1. The minimum absolute atomic E-state index is 0.0162. The van der Waals surface area contributed by atoms with Gasteiger partial charge in [-0.1, -0.05) is 6.07 Å². The van der Waals surface area contributed by atoms with Crippen molar-refractivity contribution in [2.24, 2.45) is 0 Å². The lowest BCUT2D eigenvalue weighted by atomic mass is 10.4. The number of carbonyl (C=O) groups is 1. The maximum absolute atomic E-state index is 9.98. The Bertz CT molecular complexity index is 274. The third kappa shape index (κ3) is 2.13. The molecule has 5 heteroatoms. The van der Waals surface area contributed by atoms with E-state index in [9.17, 15) is 4.79 Å². The van der Waals surface area contributed by atoms with Gasteiger partial charge in [0.15, 0.2) is 0 Å². The van der Waals surface area contributed by atoms with Gasteiger partial charge < -0.3 is 15.6 Å². The average molecular weight is 154 g/mol. The van der Waals surface area contributed by atoms with Crippen molar-refractivity contribution in [2.45, 2.75) is 0 Å². The quantitative estimate of drug-likeness (QED) is 0.582. The maximum Gasteiger partial charge on any atom is 0.512 e. The fourth-order valence-electron chi connectivity index (χ4n) is 0.577. The second kappa shape index (κ2) is 2.87. The van der Waals surface area contributed by atoms with Crippen LogP contribution in [-0.2, 0) is 0 Å². The molecule has 0 aliphatic rings. The van der Waals surface area contributed by atoms with E-state index in [1.165, 1.54) is 12.1 Å². The van der Waals surface area contributed by atoms with Gasteiger partial charge >= 0.3 is 6.16 Å². The van der Waals surface area contributed by atoms with E-state index in [2.05, 4.69) is 9.72 Å². The molecule has 1 aromatic rings. The van der Waals surface area contributed by atoms with Crippen LogP contribution in [0.15, 0.2) is 18.2 Å². The first-order chi connectivity index (χ1) is 5.18. The van der Waals surface area contributed by atoms with Gasteiger partial charge in [0, 0.05) is 6.07 Å². The molecule has 0 aliphatic heterocycles. The standard InChI is InChI=1S/C6H6N2O3/c7-4-2-1-3-5(8-4)11-6(9)10/h1-3H,(H2,7,8)(H,9,10). The molecule has 1 heterocycles. The number of nitrogens with two attached hydrogens (primary N) is 1. The molecule has 0 saturated heterocycles. The molecule has 0 aromatic carbocycles. The Morgan fingerprint density at radius 3 is 2.91 bits per heavy atom. The average Bonchev–Trinajstić information content (AvgIpc) is 1.85. The van der Waals surface area contributed by atoms with Gasteiger partial charge in [-0.05, 0) is 6.07 Å². The Labute approximate surface area is 62.4 Å². The van der Waals surface area contributed by atoms with Crippen molar-refractivity contribution in [2.75, 3.05) is 5.73 Å². The number of rotatable bonds is 1. The molecule has 3 N–H and O–H groups in total. The molecule has 0 radical (unpaired) electrons. The Morgan fingerprint density at radius 2 is 2.36 bits per heavy atom. The van der Waals surface area contributed by atoms with Gasteiger partial charge in [0.25, 0.3) is 0 Å². The molecule has 1 aromatic heterocycles. The van der Waals surface area contributed by atoms with Crippen molar-refractivity contribution in [1.82, 2.24) is 4.98 Å². The summed E-state index contributed by atoms with van der Waals surface area (Å²) < 4.78 is 4.22. The van der Waals surface area contributed by atoms with Crippen LogP contribution in [0.5, 0.6) is 5.88 Å². The Hall–Kier alpha value is -1.78. The third-order valence-corrected chi connectivity index (χ3v) is 0.937. The van der Waals surface area contributed by atoms with Crippen molar-refractivity contribution in [1.29, 1.82) is 0 Å². The normalized spacial score (nSPS) is 9.09. The zero-order chi connectivity index (χ0) is 8.27. The number of pyridine rings is 1. The number of nitrogen functional groups attached to an aromatic ring is 1. The van der Waals surface area contributed by atoms with Gasteiger partial charge in [-0.15, -0.1) is 0 Å². The monoisotopic (exact) mass is 154 g/mol. The highest BCUT2D eigenvalue weighted by Gasteiger charge is 2.00. The van der Waals surface area contributed by atoms with Gasteiger partial charge in [-0.2, -0.15) is 4.98 Å². The van der Waals surface area contributed by atoms with Gasteiger partial charge in [-0.3, -0.25) is 0 Å². The molecule has 11 heavy (non-hydrogen) atoms. The van der Waals surface area contributed by atoms with E-state index < -0.39 is 6.16 Å². The number of hydrogen-bond donors (Lipinski definition) is 2. The molecule has 0 unspecified atom stereocenters. The van der Waals surface area contributed by atoms with E-state index in [1.807, 2.05) is 0 Å². The summed E-state index contributed by atoms with van der Waals surface area (Å²) in [6, 6.07) is 4.50. The van der Waals surface area contributed by atoms with E-state index >= 15 is 0 Å². The number of anilines is 1. The molecular weight excluding hydrogens is 148 g/mol. The van der Waals surface area contributed by atoms with Crippen molar-refractivity contribution >= 4 is 12.0 Å². The van der Waals surface area contributed by atoms with Crippen LogP contribution >= 0.6 is 0 Å². The van der Waals surface area contributed by atoms with Gasteiger partial charge in [0.05, 0.1) is 0 Å². The topological polar surface area (TPSA) is 85.4 Å². The minimum Gasteiger partial charge on any atom is -0.449 e. The van der Waals surface area contributed by atoms with Crippen LogP contribution in [0.3, 0.4) is 0 Å². The van der Waals surface area contributed by atoms with Crippen LogP contribution in [0.2, 0.25) is 0 Å². The molecule has 0 fully saturated rings. The molecule has 0 atom stereocenters. The number of hydrogen-bond acceptors (Lipinski definition) is 4. The SMILES string of the molecule is Nc1cccc(OC(=O)O)n1. The van der Waals surface area contributed by atoms with Gasteiger partial charge in [0.1, 0.15) is 5.82 Å². The van der Waals surface area contributed by atoms with Crippen LogP contribution in [0, 0.1) is 0 Å². The van der Waals surface area contributed by atoms with E-state index in [0.29, 0.717) is 0 Å². The van der Waals surface area contributed by atoms with Crippen molar-refractivity contribution < 1.29 is 14.6 Å². The van der Waals surface area contributed by atoms with E-state index in [-0.39, 0.29) is 11.7 Å². The van der Waals surface area contributed by atoms with E-state index in [0.717, 1.165) is 0 Å². The predicted octanol–water partition coefficient (Wildman–Crippen LogP) is 0.721. The van der Waals surface area contributed by atoms with Gasteiger partial charge in [0.2, 0.25) is 5.88 Å². The summed E-state index contributed by atoms with van der Waals surface area (Å²) in [6.45, 7) is 0. The summed E-state index contributed by atoms with van der Waals surface area (Å²) in [4.78, 5) is 13.6. The second-order valence-corrected chi connectivity index (χ2v) is 1.77. The lowest BCUT2D eigenvalue weighted by Gasteiger charge is -1.97. The molecule has 0 aliphatic carbocycles. The summed E-state index contributed by atoms with van der Waals surface area (Å²) >= 11 is 0. The smallest absolute Gasteiger partial charge is 0.449 e. The lowest BCUT2D eigenvalue weighted by molar-refractivity contribution is 0.142. The summed E-state index contributed by atoms with van der Waals surface area (Å²) in [6.07, 6.45) is -1.40. The molecule has 0 spiro atoms. The first kappa shape index (κ1) is 7.33. The van der Waals surface area contributed by atoms with E-state index in [1.54, 1.807) is 6.07 Å². The zero-order valence-corrected chi connectivity index (χ0v) is 5.52. The van der Waals surface area contributed by atoms with Crippen molar-refractivity contribution in [3.8, 4) is 5.88 Å². The van der Waals surface area contributed by atoms with Crippen LogP contribution in [-0.4, -0.2) is 16.2 Å².